The van der Waals surface area contributed by atoms with E-state index in [0.717, 1.165) is 51.8 Å². The number of hydrogen-bond donors (Lipinski definition) is 2. The molecule has 1 N–H and O–H groups in total. The zero-order valence-corrected chi connectivity index (χ0v) is 16.1. The van der Waals surface area contributed by atoms with Gasteiger partial charge in [-0.2, -0.15) is 12.6 Å². The lowest BCUT2D eigenvalue weighted by molar-refractivity contribution is -0.0244. The third kappa shape index (κ3) is 6.91. The molecule has 0 aromatic carbocycles. The van der Waals surface area contributed by atoms with Gasteiger partial charge < -0.3 is 9.84 Å². The number of thiol groups is 1. The van der Waals surface area contributed by atoms with Crippen LogP contribution in [0.3, 0.4) is 0 Å². The highest BCUT2D eigenvalue weighted by Gasteiger charge is 2.32. The smallest absolute Gasteiger partial charge is 0.0598 e. The van der Waals surface area contributed by atoms with Crippen molar-refractivity contribution in [2.45, 2.75) is 51.4 Å². The average Bonchev–Trinajstić information content (AvgIpc) is 2.45. The van der Waals surface area contributed by atoms with Crippen molar-refractivity contribution in [3.05, 3.63) is 0 Å². The predicted octanol–water partition coefficient (Wildman–Crippen LogP) is 2.13. The Kier molecular flexibility index (Phi) is 7.67. The van der Waals surface area contributed by atoms with Crippen LogP contribution in [0.2, 0.25) is 0 Å². The van der Waals surface area contributed by atoms with Gasteiger partial charge in [0.2, 0.25) is 0 Å². The molecule has 3 atom stereocenters. The molecule has 0 radical (unpaired) electrons. The van der Waals surface area contributed by atoms with Crippen LogP contribution in [0.4, 0.5) is 0 Å². The fourth-order valence-electron chi connectivity index (χ4n) is 4.32. The van der Waals surface area contributed by atoms with E-state index in [1.807, 2.05) is 0 Å². The molecule has 23 heavy (non-hydrogen) atoms. The van der Waals surface area contributed by atoms with Crippen molar-refractivity contribution in [2.24, 2.45) is 11.3 Å². The van der Waals surface area contributed by atoms with Gasteiger partial charge in [0.25, 0.3) is 0 Å². The van der Waals surface area contributed by atoms with Crippen molar-refractivity contribution in [1.29, 1.82) is 0 Å². The van der Waals surface area contributed by atoms with Crippen molar-refractivity contribution in [1.82, 2.24) is 9.80 Å². The molecule has 0 aromatic rings. The lowest BCUT2D eigenvalue weighted by Gasteiger charge is -2.39. The minimum Gasteiger partial charge on any atom is -0.395 e. The first-order chi connectivity index (χ1) is 10.9. The summed E-state index contributed by atoms with van der Waals surface area (Å²) >= 11 is 4.75. The van der Waals surface area contributed by atoms with E-state index in [1.165, 1.54) is 19.3 Å². The molecule has 0 unspecified atom stereocenters. The molecule has 0 amide bonds. The second-order valence-corrected chi connectivity index (χ2v) is 9.12. The number of rotatable bonds is 7. The number of piperazine rings is 1. The van der Waals surface area contributed by atoms with Crippen LogP contribution in [0.25, 0.3) is 0 Å². The van der Waals surface area contributed by atoms with E-state index in [0.29, 0.717) is 16.8 Å². The van der Waals surface area contributed by atoms with E-state index in [2.05, 4.69) is 30.6 Å². The zero-order chi connectivity index (χ0) is 16.9. The van der Waals surface area contributed by atoms with E-state index in [1.54, 1.807) is 0 Å². The summed E-state index contributed by atoms with van der Waals surface area (Å²) in [6, 6.07) is 0. The summed E-state index contributed by atoms with van der Waals surface area (Å²) in [5.41, 5.74) is 0.414. The lowest BCUT2D eigenvalue weighted by Crippen LogP contribution is -2.49. The Bertz CT molecular complexity index is 346. The molecule has 1 heterocycles. The van der Waals surface area contributed by atoms with Crippen LogP contribution in [0.1, 0.15) is 40.0 Å². The Morgan fingerprint density at radius 3 is 2.43 bits per heavy atom. The van der Waals surface area contributed by atoms with Gasteiger partial charge in [-0.05, 0) is 30.6 Å². The van der Waals surface area contributed by atoms with Gasteiger partial charge in [-0.3, -0.25) is 9.80 Å². The minimum absolute atomic E-state index is 0.263. The van der Waals surface area contributed by atoms with Crippen molar-refractivity contribution in [3.63, 3.8) is 0 Å². The molecule has 5 heteroatoms. The standard InChI is InChI=1S/C18H36N2O2S/c1-15-10-16(12-18(2,3)11-15)22-14-17(23)13-20-6-4-19(5-7-20)8-9-21/h15-17,21,23H,4-14H2,1-3H3/t15-,16+,17+/m1/s1. The van der Waals surface area contributed by atoms with Crippen LogP contribution in [0, 0.1) is 11.3 Å². The molecule has 0 bridgehead atoms. The van der Waals surface area contributed by atoms with Crippen LogP contribution < -0.4 is 0 Å². The molecule has 1 saturated carbocycles. The summed E-state index contributed by atoms with van der Waals surface area (Å²) in [5.74, 6) is 0.765. The molecule has 4 nitrogen and oxygen atoms in total. The van der Waals surface area contributed by atoms with E-state index < -0.39 is 0 Å². The minimum atomic E-state index is 0.263. The summed E-state index contributed by atoms with van der Waals surface area (Å²) in [6.07, 6.45) is 4.10. The van der Waals surface area contributed by atoms with Gasteiger partial charge >= 0.3 is 0 Å². The number of aliphatic hydroxyl groups excluding tert-OH is 1. The molecular weight excluding hydrogens is 308 g/mol. The van der Waals surface area contributed by atoms with Gasteiger partial charge in [-0.25, -0.2) is 0 Å². The Morgan fingerprint density at radius 2 is 1.83 bits per heavy atom. The summed E-state index contributed by atoms with van der Waals surface area (Å²) in [4.78, 5) is 4.80. The molecular formula is C18H36N2O2S. The second-order valence-electron chi connectivity index (χ2n) is 8.39. The summed E-state index contributed by atoms with van der Waals surface area (Å²) in [7, 11) is 0. The number of β-amino-alcohol motifs (C(OH)–C–C–N with tert-alkyl or cyclic N) is 1. The van der Waals surface area contributed by atoms with Gasteiger partial charge in [-0.15, -0.1) is 0 Å². The Balaban J connectivity index is 1.64. The first-order valence-electron chi connectivity index (χ1n) is 9.23. The van der Waals surface area contributed by atoms with Gasteiger partial charge in [0.15, 0.2) is 0 Å². The molecule has 136 valence electrons. The molecule has 1 aliphatic carbocycles. The SMILES string of the molecule is C[C@@H]1C[C@H](OC[C@@H](S)CN2CCN(CCO)CC2)CC(C)(C)C1. The van der Waals surface area contributed by atoms with Gasteiger partial charge in [-0.1, -0.05) is 20.8 Å². The monoisotopic (exact) mass is 344 g/mol. The van der Waals surface area contributed by atoms with Crippen molar-refractivity contribution in [2.75, 3.05) is 52.5 Å². The molecule has 1 saturated heterocycles. The first kappa shape index (κ1) is 19.5. The van der Waals surface area contributed by atoms with Gasteiger partial charge in [0.1, 0.15) is 0 Å². The first-order valence-corrected chi connectivity index (χ1v) is 9.75. The number of nitrogens with zero attached hydrogens (tertiary/aromatic N) is 2. The maximum atomic E-state index is 9.00. The third-order valence-corrected chi connectivity index (χ3v) is 5.53. The van der Waals surface area contributed by atoms with E-state index in [4.69, 9.17) is 22.5 Å². The fourth-order valence-corrected chi connectivity index (χ4v) is 4.64. The van der Waals surface area contributed by atoms with Crippen LogP contribution >= 0.6 is 12.6 Å². The molecule has 2 aliphatic rings. The summed E-state index contributed by atoms with van der Waals surface area (Å²) in [5, 5.41) is 9.29. The summed E-state index contributed by atoms with van der Waals surface area (Å²) in [6.45, 7) is 14.2. The van der Waals surface area contributed by atoms with Crippen LogP contribution in [-0.2, 0) is 4.74 Å². The molecule has 1 aliphatic heterocycles. The van der Waals surface area contributed by atoms with Crippen molar-refractivity contribution < 1.29 is 9.84 Å². The summed E-state index contributed by atoms with van der Waals surface area (Å²) < 4.78 is 6.21. The third-order valence-electron chi connectivity index (χ3n) is 5.22. The molecule has 0 spiro atoms. The highest BCUT2D eigenvalue weighted by atomic mass is 32.1. The molecule has 0 aromatic heterocycles. The molecule has 2 rings (SSSR count). The van der Waals surface area contributed by atoms with Crippen LogP contribution in [-0.4, -0.2) is 78.7 Å². The van der Waals surface area contributed by atoms with Crippen molar-refractivity contribution >= 4 is 12.6 Å². The average molecular weight is 345 g/mol. The quantitative estimate of drug-likeness (QED) is 0.694. The van der Waals surface area contributed by atoms with Crippen LogP contribution in [0.15, 0.2) is 0 Å². The Morgan fingerprint density at radius 1 is 1.17 bits per heavy atom. The maximum absolute atomic E-state index is 9.00. The topological polar surface area (TPSA) is 35.9 Å². The zero-order valence-electron chi connectivity index (χ0n) is 15.2. The highest BCUT2D eigenvalue weighted by molar-refractivity contribution is 7.81. The number of aliphatic hydroxyl groups is 1. The molecule has 2 fully saturated rings. The number of ether oxygens (including phenoxy) is 1. The maximum Gasteiger partial charge on any atom is 0.0598 e. The van der Waals surface area contributed by atoms with Crippen LogP contribution in [0.5, 0.6) is 0 Å². The largest absolute Gasteiger partial charge is 0.395 e. The van der Waals surface area contributed by atoms with Gasteiger partial charge in [0, 0.05) is 44.5 Å². The van der Waals surface area contributed by atoms with E-state index in [-0.39, 0.29) is 6.61 Å². The lowest BCUT2D eigenvalue weighted by atomic mass is 9.71. The highest BCUT2D eigenvalue weighted by Crippen LogP contribution is 2.39. The Labute approximate surface area is 148 Å². The van der Waals surface area contributed by atoms with E-state index in [9.17, 15) is 0 Å². The number of hydrogen-bond acceptors (Lipinski definition) is 5. The predicted molar refractivity (Wildman–Crippen MR) is 99.3 cm³/mol. The van der Waals surface area contributed by atoms with Gasteiger partial charge in [0.05, 0.1) is 19.3 Å². The van der Waals surface area contributed by atoms with E-state index >= 15 is 0 Å². The fraction of sp³-hybridized carbons (Fsp3) is 1.00. The Hall–Kier alpha value is 0.190. The second kappa shape index (κ2) is 9.04. The van der Waals surface area contributed by atoms with Crippen molar-refractivity contribution in [3.8, 4) is 0 Å². The normalized spacial score (nSPS) is 31.2.